The summed E-state index contributed by atoms with van der Waals surface area (Å²) in [6.45, 7) is 1.77. The van der Waals surface area contributed by atoms with Crippen LogP contribution in [-0.4, -0.2) is 52.5 Å². The first-order valence-electron chi connectivity index (χ1n) is 8.63. The average molecular weight is 343 g/mol. The molecule has 1 aliphatic carbocycles. The Morgan fingerprint density at radius 2 is 1.80 bits per heavy atom. The third-order valence-electron chi connectivity index (χ3n) is 5.86. The number of rotatable bonds is 4. The molecule has 0 amide bonds. The molecular formula is C20H25NO4. The predicted molar refractivity (Wildman–Crippen MR) is 95.2 cm³/mol. The van der Waals surface area contributed by atoms with Gasteiger partial charge in [-0.3, -0.25) is 4.90 Å². The highest BCUT2D eigenvalue weighted by Gasteiger charge is 2.52. The lowest BCUT2D eigenvalue weighted by molar-refractivity contribution is -0.00662. The van der Waals surface area contributed by atoms with E-state index in [-0.39, 0.29) is 17.7 Å². The lowest BCUT2D eigenvalue weighted by Gasteiger charge is -2.50. The zero-order valence-corrected chi connectivity index (χ0v) is 15.2. The normalized spacial score (nSPS) is 30.3. The molecule has 3 atom stereocenters. The molecule has 0 saturated heterocycles. The van der Waals surface area contributed by atoms with Crippen molar-refractivity contribution in [2.45, 2.75) is 24.2 Å². The summed E-state index contributed by atoms with van der Waals surface area (Å²) in [4.78, 5) is 2.50. The summed E-state index contributed by atoms with van der Waals surface area (Å²) in [6, 6.07) is 4.20. The Morgan fingerprint density at radius 1 is 1.04 bits per heavy atom. The minimum atomic E-state index is -0.181. The van der Waals surface area contributed by atoms with E-state index < -0.39 is 0 Å². The van der Waals surface area contributed by atoms with Crippen LogP contribution in [0.1, 0.15) is 23.7 Å². The van der Waals surface area contributed by atoms with E-state index in [4.69, 9.17) is 18.9 Å². The fourth-order valence-electron chi connectivity index (χ4n) is 4.59. The molecular weight excluding hydrogens is 318 g/mol. The second kappa shape index (κ2) is 6.16. The van der Waals surface area contributed by atoms with Crippen molar-refractivity contribution in [3.63, 3.8) is 0 Å². The number of hydrogen-bond donors (Lipinski definition) is 0. The number of hydrogen-bond acceptors (Lipinski definition) is 5. The van der Waals surface area contributed by atoms with E-state index in [9.17, 15) is 0 Å². The van der Waals surface area contributed by atoms with Crippen LogP contribution < -0.4 is 9.47 Å². The van der Waals surface area contributed by atoms with Crippen molar-refractivity contribution in [1.82, 2.24) is 4.90 Å². The molecule has 5 heteroatoms. The maximum atomic E-state index is 5.82. The Hall–Kier alpha value is -1.82. The van der Waals surface area contributed by atoms with Crippen LogP contribution >= 0.6 is 0 Å². The van der Waals surface area contributed by atoms with Gasteiger partial charge in [0.1, 0.15) is 0 Å². The zero-order chi connectivity index (χ0) is 17.6. The fourth-order valence-corrected chi connectivity index (χ4v) is 4.59. The van der Waals surface area contributed by atoms with Crippen LogP contribution in [-0.2, 0) is 15.0 Å². The smallest absolute Gasteiger partial charge is 0.161 e. The van der Waals surface area contributed by atoms with Crippen LogP contribution in [0.25, 0.3) is 0 Å². The van der Waals surface area contributed by atoms with Gasteiger partial charge in [-0.1, -0.05) is 18.2 Å². The number of fused-ring (bicyclic) bond motifs is 1. The maximum Gasteiger partial charge on any atom is 0.161 e. The number of nitrogens with zero attached hydrogens (tertiary/aromatic N) is 1. The van der Waals surface area contributed by atoms with E-state index in [2.05, 4.69) is 35.3 Å². The van der Waals surface area contributed by atoms with Crippen molar-refractivity contribution in [3.05, 3.63) is 47.1 Å². The van der Waals surface area contributed by atoms with E-state index in [0.717, 1.165) is 31.0 Å². The Balaban J connectivity index is 1.94. The first-order valence-corrected chi connectivity index (χ1v) is 8.63. The SMILES string of the molecule is COc1cc2c(cc1OC)C13CC(OC)C=CC1=CCN3CC2OC. The second-order valence-electron chi connectivity index (χ2n) is 6.78. The summed E-state index contributed by atoms with van der Waals surface area (Å²) in [5.74, 6) is 1.49. The van der Waals surface area contributed by atoms with Gasteiger partial charge >= 0.3 is 0 Å². The molecule has 1 spiro atoms. The van der Waals surface area contributed by atoms with Gasteiger partial charge in [0.2, 0.25) is 0 Å². The highest BCUT2D eigenvalue weighted by Crippen LogP contribution is 2.54. The fraction of sp³-hybridized carbons (Fsp3) is 0.500. The van der Waals surface area contributed by atoms with E-state index in [1.54, 1.807) is 28.4 Å². The van der Waals surface area contributed by atoms with Crippen LogP contribution in [0.5, 0.6) is 11.5 Å². The average Bonchev–Trinajstić information content (AvgIpc) is 3.04. The molecule has 1 aromatic carbocycles. The van der Waals surface area contributed by atoms with Gasteiger partial charge in [0, 0.05) is 33.7 Å². The van der Waals surface area contributed by atoms with Crippen molar-refractivity contribution >= 4 is 0 Å². The summed E-state index contributed by atoms with van der Waals surface area (Å²) in [6.07, 6.45) is 7.69. The van der Waals surface area contributed by atoms with Crippen LogP contribution in [0.3, 0.4) is 0 Å². The van der Waals surface area contributed by atoms with E-state index in [1.807, 2.05) is 0 Å². The molecule has 25 heavy (non-hydrogen) atoms. The molecule has 4 rings (SSSR count). The van der Waals surface area contributed by atoms with Crippen molar-refractivity contribution in [3.8, 4) is 11.5 Å². The van der Waals surface area contributed by atoms with E-state index in [1.165, 1.54) is 16.7 Å². The number of methoxy groups -OCH3 is 4. The topological polar surface area (TPSA) is 40.2 Å². The van der Waals surface area contributed by atoms with Gasteiger partial charge < -0.3 is 18.9 Å². The van der Waals surface area contributed by atoms with Gasteiger partial charge in [0.25, 0.3) is 0 Å². The molecule has 5 nitrogen and oxygen atoms in total. The van der Waals surface area contributed by atoms with Crippen LogP contribution in [0.2, 0.25) is 0 Å². The second-order valence-corrected chi connectivity index (χ2v) is 6.78. The molecule has 0 radical (unpaired) electrons. The molecule has 0 bridgehead atoms. The number of ether oxygens (including phenoxy) is 4. The molecule has 0 N–H and O–H groups in total. The molecule has 2 aliphatic heterocycles. The highest BCUT2D eigenvalue weighted by molar-refractivity contribution is 5.58. The molecule has 1 aromatic rings. The van der Waals surface area contributed by atoms with Gasteiger partial charge in [-0.25, -0.2) is 0 Å². The monoisotopic (exact) mass is 343 g/mol. The lowest BCUT2D eigenvalue weighted by atomic mass is 9.70. The molecule has 0 saturated carbocycles. The van der Waals surface area contributed by atoms with Crippen molar-refractivity contribution < 1.29 is 18.9 Å². The Kier molecular flexibility index (Phi) is 4.10. The standard InChI is InChI=1S/C20H25NO4/c1-22-14-6-5-13-7-8-21-12-19(25-4)15-9-17(23-2)18(24-3)10-16(15)20(13,21)11-14/h5-7,9-10,14,19H,8,11-12H2,1-4H3. The lowest BCUT2D eigenvalue weighted by Crippen LogP contribution is -2.52. The molecule has 3 unspecified atom stereocenters. The summed E-state index contributed by atoms with van der Waals surface area (Å²) in [5.41, 5.74) is 3.57. The first-order chi connectivity index (χ1) is 12.2. The Bertz CT molecular complexity index is 741. The molecule has 134 valence electrons. The summed E-state index contributed by atoms with van der Waals surface area (Å²) < 4.78 is 22.6. The van der Waals surface area contributed by atoms with E-state index >= 15 is 0 Å². The third kappa shape index (κ3) is 2.26. The predicted octanol–water partition coefficient (Wildman–Crippen LogP) is 2.82. The molecule has 3 aliphatic rings. The van der Waals surface area contributed by atoms with E-state index in [0.29, 0.717) is 0 Å². The van der Waals surface area contributed by atoms with Crippen LogP contribution in [0.15, 0.2) is 35.9 Å². The zero-order valence-electron chi connectivity index (χ0n) is 15.2. The number of benzene rings is 1. The Labute approximate surface area is 148 Å². The van der Waals surface area contributed by atoms with Crippen molar-refractivity contribution in [2.24, 2.45) is 0 Å². The highest BCUT2D eigenvalue weighted by atomic mass is 16.5. The largest absolute Gasteiger partial charge is 0.493 e. The van der Waals surface area contributed by atoms with Crippen LogP contribution in [0, 0.1) is 0 Å². The summed E-state index contributed by atoms with van der Waals surface area (Å²) in [5, 5.41) is 0. The first kappa shape index (κ1) is 16.6. The molecule has 2 heterocycles. The van der Waals surface area contributed by atoms with Gasteiger partial charge in [-0.2, -0.15) is 0 Å². The van der Waals surface area contributed by atoms with Crippen molar-refractivity contribution in [1.29, 1.82) is 0 Å². The van der Waals surface area contributed by atoms with Crippen LogP contribution in [0.4, 0.5) is 0 Å². The van der Waals surface area contributed by atoms with Gasteiger partial charge in [0.15, 0.2) is 11.5 Å². The molecule has 0 fully saturated rings. The maximum absolute atomic E-state index is 5.82. The van der Waals surface area contributed by atoms with Gasteiger partial charge in [-0.05, 0) is 28.8 Å². The quantitative estimate of drug-likeness (QED) is 0.841. The van der Waals surface area contributed by atoms with Gasteiger partial charge in [-0.15, -0.1) is 0 Å². The molecule has 0 aromatic heterocycles. The summed E-state index contributed by atoms with van der Waals surface area (Å²) in [7, 11) is 6.90. The summed E-state index contributed by atoms with van der Waals surface area (Å²) >= 11 is 0. The van der Waals surface area contributed by atoms with Gasteiger partial charge in [0.05, 0.1) is 32.0 Å². The van der Waals surface area contributed by atoms with Crippen molar-refractivity contribution in [2.75, 3.05) is 41.5 Å². The minimum absolute atomic E-state index is 0.0140. The third-order valence-corrected chi connectivity index (χ3v) is 5.86. The Morgan fingerprint density at radius 3 is 2.48 bits per heavy atom. The minimum Gasteiger partial charge on any atom is -0.493 e.